The number of oxime groups is 1. The molecule has 0 spiro atoms. The first-order valence-corrected chi connectivity index (χ1v) is 6.50. The van der Waals surface area contributed by atoms with Crippen molar-refractivity contribution in [3.63, 3.8) is 0 Å². The topological polar surface area (TPSA) is 61.8 Å². The van der Waals surface area contributed by atoms with Crippen molar-refractivity contribution in [3.8, 4) is 0 Å². The van der Waals surface area contributed by atoms with Crippen molar-refractivity contribution in [2.24, 2.45) is 22.7 Å². The quantitative estimate of drug-likeness (QED) is 0.360. The standard InChI is InChI=1S/C12H22F3N3O/c1-8-4-3-5-9(6-8)18(2)7-10(11(16)17-19)12(13,14)15/h8-10,19H,3-7H2,1-2H3,(H2,16,17). The van der Waals surface area contributed by atoms with Gasteiger partial charge in [0.25, 0.3) is 0 Å². The van der Waals surface area contributed by atoms with E-state index in [1.807, 2.05) is 0 Å². The van der Waals surface area contributed by atoms with Gasteiger partial charge < -0.3 is 15.8 Å². The molecule has 0 amide bonds. The van der Waals surface area contributed by atoms with E-state index in [0.717, 1.165) is 25.7 Å². The second-order valence-corrected chi connectivity index (χ2v) is 5.48. The van der Waals surface area contributed by atoms with E-state index < -0.39 is 17.9 Å². The summed E-state index contributed by atoms with van der Waals surface area (Å²) < 4.78 is 38.6. The van der Waals surface area contributed by atoms with Crippen molar-refractivity contribution in [3.05, 3.63) is 0 Å². The minimum atomic E-state index is -4.50. The van der Waals surface area contributed by atoms with Crippen molar-refractivity contribution < 1.29 is 18.4 Å². The first-order chi connectivity index (χ1) is 8.75. The number of rotatable bonds is 4. The number of halogens is 3. The average molecular weight is 281 g/mol. The van der Waals surface area contributed by atoms with Crippen molar-refractivity contribution in [1.82, 2.24) is 4.90 Å². The number of hydrogen-bond acceptors (Lipinski definition) is 3. The zero-order valence-corrected chi connectivity index (χ0v) is 11.3. The van der Waals surface area contributed by atoms with Crippen molar-refractivity contribution in [2.75, 3.05) is 13.6 Å². The molecule has 7 heteroatoms. The fourth-order valence-electron chi connectivity index (χ4n) is 2.67. The highest BCUT2D eigenvalue weighted by Gasteiger charge is 2.44. The molecule has 3 N–H and O–H groups in total. The summed E-state index contributed by atoms with van der Waals surface area (Å²) in [5.41, 5.74) is 5.16. The van der Waals surface area contributed by atoms with E-state index >= 15 is 0 Å². The first kappa shape index (κ1) is 16.1. The Balaban J connectivity index is 2.68. The molecule has 0 aromatic heterocycles. The van der Waals surface area contributed by atoms with E-state index in [2.05, 4.69) is 12.1 Å². The molecule has 0 aromatic rings. The van der Waals surface area contributed by atoms with Gasteiger partial charge in [-0.1, -0.05) is 24.9 Å². The Morgan fingerprint density at radius 2 is 2.11 bits per heavy atom. The fourth-order valence-corrected chi connectivity index (χ4v) is 2.67. The van der Waals surface area contributed by atoms with Gasteiger partial charge in [-0.2, -0.15) is 13.2 Å². The van der Waals surface area contributed by atoms with Crippen molar-refractivity contribution in [2.45, 2.75) is 44.8 Å². The van der Waals surface area contributed by atoms with E-state index in [-0.39, 0.29) is 12.6 Å². The Morgan fingerprint density at radius 3 is 2.58 bits per heavy atom. The summed E-state index contributed by atoms with van der Waals surface area (Å²) >= 11 is 0. The van der Waals surface area contributed by atoms with Crippen molar-refractivity contribution in [1.29, 1.82) is 0 Å². The van der Waals surface area contributed by atoms with Crippen LogP contribution in [0.3, 0.4) is 0 Å². The molecule has 0 aliphatic heterocycles. The predicted molar refractivity (Wildman–Crippen MR) is 67.0 cm³/mol. The number of nitrogens with two attached hydrogens (primary N) is 1. The summed E-state index contributed by atoms with van der Waals surface area (Å²) in [6, 6.07) is 0.139. The molecule has 1 saturated carbocycles. The van der Waals surface area contributed by atoms with Gasteiger partial charge in [0.15, 0.2) is 5.84 Å². The number of alkyl halides is 3. The van der Waals surface area contributed by atoms with Gasteiger partial charge in [0.1, 0.15) is 5.92 Å². The Labute approximate surface area is 111 Å². The predicted octanol–water partition coefficient (Wildman–Crippen LogP) is 2.42. The van der Waals surface area contributed by atoms with Crippen LogP contribution in [0.5, 0.6) is 0 Å². The Hall–Kier alpha value is -0.980. The minimum absolute atomic E-state index is 0.139. The van der Waals surface area contributed by atoms with E-state index in [9.17, 15) is 13.2 Å². The van der Waals surface area contributed by atoms with Crippen LogP contribution < -0.4 is 5.73 Å². The largest absolute Gasteiger partial charge is 0.409 e. The SMILES string of the molecule is CC1CCCC(N(C)CC(C(N)=NO)C(F)(F)F)C1. The van der Waals surface area contributed by atoms with Crippen LogP contribution in [0.1, 0.15) is 32.6 Å². The van der Waals surface area contributed by atoms with Crippen LogP contribution in [0.2, 0.25) is 0 Å². The maximum atomic E-state index is 12.9. The van der Waals surface area contributed by atoms with E-state index in [4.69, 9.17) is 10.9 Å². The summed E-state index contributed by atoms with van der Waals surface area (Å²) in [5.74, 6) is -2.16. The fraction of sp³-hybridized carbons (Fsp3) is 0.917. The van der Waals surface area contributed by atoms with E-state index in [0.29, 0.717) is 5.92 Å². The molecule has 3 unspecified atom stereocenters. The van der Waals surface area contributed by atoms with Crippen LogP contribution >= 0.6 is 0 Å². The van der Waals surface area contributed by atoms with Gasteiger partial charge in [-0.15, -0.1) is 0 Å². The molecular weight excluding hydrogens is 259 g/mol. The molecule has 0 radical (unpaired) electrons. The third-order valence-electron chi connectivity index (χ3n) is 3.87. The summed E-state index contributed by atoms with van der Waals surface area (Å²) in [6.45, 7) is 1.85. The van der Waals surface area contributed by atoms with Crippen LogP contribution in [-0.2, 0) is 0 Å². The van der Waals surface area contributed by atoms with Crippen LogP contribution in [0, 0.1) is 11.8 Å². The van der Waals surface area contributed by atoms with Gasteiger partial charge in [0.05, 0.1) is 0 Å². The second kappa shape index (κ2) is 6.45. The molecule has 0 heterocycles. The number of amidine groups is 1. The second-order valence-electron chi connectivity index (χ2n) is 5.48. The molecule has 0 bridgehead atoms. The minimum Gasteiger partial charge on any atom is -0.409 e. The highest BCUT2D eigenvalue weighted by atomic mass is 19.4. The molecule has 4 nitrogen and oxygen atoms in total. The smallest absolute Gasteiger partial charge is 0.400 e. The third-order valence-corrected chi connectivity index (χ3v) is 3.87. The van der Waals surface area contributed by atoms with Gasteiger partial charge >= 0.3 is 6.18 Å². The summed E-state index contributed by atoms with van der Waals surface area (Å²) in [6.07, 6.45) is -0.520. The van der Waals surface area contributed by atoms with Gasteiger partial charge in [0, 0.05) is 12.6 Å². The van der Waals surface area contributed by atoms with Gasteiger partial charge in [0.2, 0.25) is 0 Å². The van der Waals surface area contributed by atoms with E-state index in [1.165, 1.54) is 0 Å². The van der Waals surface area contributed by atoms with Crippen LogP contribution in [0.4, 0.5) is 13.2 Å². The first-order valence-electron chi connectivity index (χ1n) is 6.50. The molecule has 1 rings (SSSR count). The molecule has 1 fully saturated rings. The van der Waals surface area contributed by atoms with Gasteiger partial charge in [-0.3, -0.25) is 0 Å². The molecule has 112 valence electrons. The van der Waals surface area contributed by atoms with Crippen LogP contribution in [-0.4, -0.2) is 41.8 Å². The summed E-state index contributed by atoms with van der Waals surface area (Å²) in [7, 11) is 1.67. The Kier molecular flexibility index (Phi) is 5.46. The zero-order valence-electron chi connectivity index (χ0n) is 11.3. The highest BCUT2D eigenvalue weighted by Crippen LogP contribution is 2.31. The Morgan fingerprint density at radius 1 is 1.47 bits per heavy atom. The maximum absolute atomic E-state index is 12.9. The van der Waals surface area contributed by atoms with Gasteiger partial charge in [-0.25, -0.2) is 0 Å². The lowest BCUT2D eigenvalue weighted by Crippen LogP contribution is -2.47. The summed E-state index contributed by atoms with van der Waals surface area (Å²) in [4.78, 5) is 1.69. The third kappa shape index (κ3) is 4.56. The lowest BCUT2D eigenvalue weighted by atomic mass is 9.86. The highest BCUT2D eigenvalue weighted by molar-refractivity contribution is 5.83. The van der Waals surface area contributed by atoms with E-state index in [1.54, 1.807) is 11.9 Å². The molecule has 0 saturated heterocycles. The molecule has 1 aliphatic carbocycles. The average Bonchev–Trinajstić information content (AvgIpc) is 2.33. The molecule has 19 heavy (non-hydrogen) atoms. The Bertz CT molecular complexity index is 320. The maximum Gasteiger partial charge on any atom is 0.400 e. The zero-order chi connectivity index (χ0) is 14.6. The lowest BCUT2D eigenvalue weighted by molar-refractivity contribution is -0.161. The van der Waals surface area contributed by atoms with Crippen molar-refractivity contribution >= 4 is 5.84 Å². The lowest BCUT2D eigenvalue weighted by Gasteiger charge is -2.36. The molecule has 3 atom stereocenters. The normalized spacial score (nSPS) is 27.6. The number of hydrogen-bond donors (Lipinski definition) is 2. The van der Waals surface area contributed by atoms with Gasteiger partial charge in [-0.05, 0) is 25.8 Å². The molecular formula is C12H22F3N3O. The van der Waals surface area contributed by atoms with Crippen LogP contribution in [0.25, 0.3) is 0 Å². The van der Waals surface area contributed by atoms with Crippen LogP contribution in [0.15, 0.2) is 5.16 Å². The molecule has 0 aromatic carbocycles. The summed E-state index contributed by atoms with van der Waals surface area (Å²) in [5, 5.41) is 11.0. The monoisotopic (exact) mass is 281 g/mol. The molecule has 1 aliphatic rings. The number of nitrogens with zero attached hydrogens (tertiary/aromatic N) is 2.